The molecule has 1 aliphatic carbocycles. The number of morpholine rings is 1. The number of aromatic nitrogens is 5. The molecule has 186 valence electrons. The Hall–Kier alpha value is -3.30. The summed E-state index contributed by atoms with van der Waals surface area (Å²) in [5.41, 5.74) is 2.34. The van der Waals surface area contributed by atoms with E-state index in [-0.39, 0.29) is 28.8 Å². The van der Waals surface area contributed by atoms with Crippen molar-refractivity contribution in [2.75, 3.05) is 18.0 Å². The average Bonchev–Trinajstić information content (AvgIpc) is 3.58. The predicted octanol–water partition coefficient (Wildman–Crippen LogP) is 4.59. The van der Waals surface area contributed by atoms with E-state index in [1.807, 2.05) is 41.9 Å². The van der Waals surface area contributed by atoms with Crippen molar-refractivity contribution in [1.82, 2.24) is 24.3 Å². The van der Waals surface area contributed by atoms with Gasteiger partial charge in [0.2, 0.25) is 5.95 Å². The van der Waals surface area contributed by atoms with Crippen LogP contribution in [0.25, 0.3) is 22.2 Å². The topological polar surface area (TPSA) is 78.1 Å². The lowest BCUT2D eigenvalue weighted by Crippen LogP contribution is -2.43. The third-order valence-electron chi connectivity index (χ3n) is 6.97. The van der Waals surface area contributed by atoms with Crippen molar-refractivity contribution in [3.05, 3.63) is 69.1 Å². The zero-order valence-electron chi connectivity index (χ0n) is 20.3. The normalized spacial score (nSPS) is 20.3. The second-order valence-corrected chi connectivity index (χ2v) is 10.2. The van der Waals surface area contributed by atoms with Crippen LogP contribution in [0.1, 0.15) is 43.2 Å². The van der Waals surface area contributed by atoms with Crippen LogP contribution in [0.2, 0.25) is 5.02 Å². The molecule has 1 saturated heterocycles. The number of anilines is 1. The molecule has 2 unspecified atom stereocenters. The van der Waals surface area contributed by atoms with Gasteiger partial charge in [0.25, 0.3) is 5.56 Å². The average molecular weight is 509 g/mol. The first-order chi connectivity index (χ1) is 17.3. The number of hydrogen-bond donors (Lipinski definition) is 0. The first-order valence-corrected chi connectivity index (χ1v) is 12.4. The fourth-order valence-electron chi connectivity index (χ4n) is 4.77. The first-order valence-electron chi connectivity index (χ1n) is 12.1. The van der Waals surface area contributed by atoms with Crippen LogP contribution >= 0.6 is 11.6 Å². The lowest BCUT2D eigenvalue weighted by molar-refractivity contribution is -0.0178. The maximum atomic E-state index is 15.1. The van der Waals surface area contributed by atoms with Crippen LogP contribution in [0.4, 0.5) is 10.3 Å². The molecule has 4 heterocycles. The quantitative estimate of drug-likeness (QED) is 0.401. The van der Waals surface area contributed by atoms with Crippen molar-refractivity contribution in [2.24, 2.45) is 7.05 Å². The van der Waals surface area contributed by atoms with E-state index in [2.05, 4.69) is 5.10 Å². The molecule has 0 bridgehead atoms. The first kappa shape index (κ1) is 23.1. The minimum Gasteiger partial charge on any atom is -0.367 e. The highest BCUT2D eigenvalue weighted by Gasteiger charge is 2.32. The summed E-state index contributed by atoms with van der Waals surface area (Å²) in [6.07, 6.45) is 5.87. The van der Waals surface area contributed by atoms with Crippen LogP contribution < -0.4 is 10.5 Å². The Morgan fingerprint density at radius 2 is 1.97 bits per heavy atom. The SMILES string of the molecule is Cc1cc2c(-c3ccc(Cl)cc3F)nc(N3CC(C)OC(c4cnn(C5CC5)c4)C3)nc2c(=O)n1C. The highest BCUT2D eigenvalue weighted by molar-refractivity contribution is 6.30. The Labute approximate surface area is 212 Å². The molecule has 2 atom stereocenters. The molecule has 10 heteroatoms. The van der Waals surface area contributed by atoms with Gasteiger partial charge < -0.3 is 14.2 Å². The number of aryl methyl sites for hydroxylation is 1. The van der Waals surface area contributed by atoms with Gasteiger partial charge in [0.15, 0.2) is 0 Å². The van der Waals surface area contributed by atoms with Gasteiger partial charge in [-0.3, -0.25) is 9.48 Å². The number of fused-ring (bicyclic) bond motifs is 1. The van der Waals surface area contributed by atoms with E-state index in [1.54, 1.807) is 19.2 Å². The van der Waals surface area contributed by atoms with Crippen LogP contribution in [-0.4, -0.2) is 43.5 Å². The summed E-state index contributed by atoms with van der Waals surface area (Å²) in [5, 5.41) is 5.30. The summed E-state index contributed by atoms with van der Waals surface area (Å²) in [6, 6.07) is 6.76. The number of pyridine rings is 1. The fraction of sp³-hybridized carbons (Fsp3) is 0.385. The summed E-state index contributed by atoms with van der Waals surface area (Å²) in [7, 11) is 1.70. The van der Waals surface area contributed by atoms with Gasteiger partial charge >= 0.3 is 0 Å². The summed E-state index contributed by atoms with van der Waals surface area (Å²) >= 11 is 6.01. The van der Waals surface area contributed by atoms with E-state index in [1.165, 1.54) is 10.6 Å². The van der Waals surface area contributed by atoms with Crippen molar-refractivity contribution in [2.45, 2.75) is 44.9 Å². The zero-order chi connectivity index (χ0) is 25.1. The van der Waals surface area contributed by atoms with Crippen LogP contribution in [0.15, 0.2) is 41.5 Å². The predicted molar refractivity (Wildman–Crippen MR) is 136 cm³/mol. The maximum Gasteiger partial charge on any atom is 0.277 e. The largest absolute Gasteiger partial charge is 0.367 e. The second kappa shape index (κ2) is 8.67. The molecule has 1 saturated carbocycles. The fourth-order valence-corrected chi connectivity index (χ4v) is 4.93. The van der Waals surface area contributed by atoms with E-state index in [0.717, 1.165) is 24.1 Å². The van der Waals surface area contributed by atoms with E-state index < -0.39 is 5.82 Å². The van der Waals surface area contributed by atoms with Crippen LogP contribution in [0.3, 0.4) is 0 Å². The lowest BCUT2D eigenvalue weighted by atomic mass is 10.1. The van der Waals surface area contributed by atoms with Gasteiger partial charge in [-0.05, 0) is 51.0 Å². The van der Waals surface area contributed by atoms with E-state index in [4.69, 9.17) is 26.3 Å². The molecule has 2 aliphatic rings. The summed E-state index contributed by atoms with van der Waals surface area (Å²) in [6.45, 7) is 4.84. The summed E-state index contributed by atoms with van der Waals surface area (Å²) < 4.78 is 24.8. The lowest BCUT2D eigenvalue weighted by Gasteiger charge is -2.36. The van der Waals surface area contributed by atoms with Crippen LogP contribution in [-0.2, 0) is 11.8 Å². The van der Waals surface area contributed by atoms with Crippen molar-refractivity contribution < 1.29 is 9.13 Å². The number of nitrogens with zero attached hydrogens (tertiary/aromatic N) is 6. The third kappa shape index (κ3) is 4.06. The second-order valence-electron chi connectivity index (χ2n) is 9.73. The van der Waals surface area contributed by atoms with Crippen molar-refractivity contribution in [3.63, 3.8) is 0 Å². The number of rotatable bonds is 4. The number of hydrogen-bond acceptors (Lipinski definition) is 6. The molecule has 0 amide bonds. The van der Waals surface area contributed by atoms with Gasteiger partial charge in [-0.2, -0.15) is 5.10 Å². The van der Waals surface area contributed by atoms with Crippen molar-refractivity contribution in [1.29, 1.82) is 0 Å². The van der Waals surface area contributed by atoms with E-state index in [0.29, 0.717) is 41.2 Å². The van der Waals surface area contributed by atoms with Crippen LogP contribution in [0.5, 0.6) is 0 Å². The Bertz CT molecular complexity index is 1550. The molecule has 36 heavy (non-hydrogen) atoms. The van der Waals surface area contributed by atoms with Crippen molar-refractivity contribution >= 4 is 28.5 Å². The third-order valence-corrected chi connectivity index (χ3v) is 7.20. The van der Waals surface area contributed by atoms with Gasteiger partial charge in [0.05, 0.1) is 30.6 Å². The summed E-state index contributed by atoms with van der Waals surface area (Å²) in [4.78, 5) is 24.7. The Balaban J connectivity index is 1.47. The molecule has 0 radical (unpaired) electrons. The molecule has 6 rings (SSSR count). The smallest absolute Gasteiger partial charge is 0.277 e. The molecule has 0 spiro atoms. The molecule has 3 aromatic heterocycles. The molecule has 1 aliphatic heterocycles. The number of benzene rings is 1. The molecule has 2 fully saturated rings. The van der Waals surface area contributed by atoms with Crippen LogP contribution in [0, 0.1) is 12.7 Å². The summed E-state index contributed by atoms with van der Waals surface area (Å²) in [5.74, 6) is -0.143. The highest BCUT2D eigenvalue weighted by atomic mass is 35.5. The van der Waals surface area contributed by atoms with E-state index in [9.17, 15) is 4.79 Å². The molecule has 0 N–H and O–H groups in total. The minimum absolute atomic E-state index is 0.108. The molecule has 1 aromatic carbocycles. The molecular weight excluding hydrogens is 483 g/mol. The van der Waals surface area contributed by atoms with Crippen molar-refractivity contribution in [3.8, 4) is 11.3 Å². The minimum atomic E-state index is -0.507. The van der Waals surface area contributed by atoms with E-state index >= 15 is 4.39 Å². The van der Waals surface area contributed by atoms with Gasteiger partial charge in [0.1, 0.15) is 17.4 Å². The Morgan fingerprint density at radius 1 is 1.17 bits per heavy atom. The molecule has 8 nitrogen and oxygen atoms in total. The van der Waals surface area contributed by atoms with Gasteiger partial charge in [0, 0.05) is 47.0 Å². The molecular formula is C26H26ClFN6O2. The van der Waals surface area contributed by atoms with Gasteiger partial charge in [-0.15, -0.1) is 0 Å². The Morgan fingerprint density at radius 3 is 2.72 bits per heavy atom. The number of halogens is 2. The van der Waals surface area contributed by atoms with Gasteiger partial charge in [-0.1, -0.05) is 11.6 Å². The zero-order valence-corrected chi connectivity index (χ0v) is 21.0. The molecule has 4 aromatic rings. The van der Waals surface area contributed by atoms with Gasteiger partial charge in [-0.25, -0.2) is 14.4 Å². The maximum absolute atomic E-state index is 15.1. The highest BCUT2D eigenvalue weighted by Crippen LogP contribution is 2.36. The number of ether oxygens (including phenoxy) is 1. The standard InChI is InChI=1S/C26H26ClFN6O2/c1-14-8-20-23(19-7-4-17(27)9-21(19)28)30-26(31-24(20)25(35)32(14)3)33-11-15(2)36-22(13-33)16-10-29-34(12-16)18-5-6-18/h4,7-10,12,15,18,22H,5-6,11,13H2,1-3H3. The monoisotopic (exact) mass is 508 g/mol. The Kier molecular flexibility index (Phi) is 5.57.